The molecular weight excluding hydrogens is 300 g/mol. The van der Waals surface area contributed by atoms with Gasteiger partial charge in [0.2, 0.25) is 5.15 Å². The average molecular weight is 311 g/mol. The second-order valence-electron chi connectivity index (χ2n) is 4.25. The quantitative estimate of drug-likeness (QED) is 0.622. The zero-order valence-electron chi connectivity index (χ0n) is 11.0. The Morgan fingerprint density at radius 2 is 1.90 bits per heavy atom. The standard InChI is InChI=1S/C12H11ClN4O4/c1-2-5-8-11(17(20)21)12(13)15(14-8)9-6-3-4-7-10(9)16(18)19/h3-4,6-7H,2,5H2,1H3. The van der Waals surface area contributed by atoms with Crippen molar-refractivity contribution in [1.82, 2.24) is 9.78 Å². The molecule has 2 aromatic rings. The Kier molecular flexibility index (Phi) is 4.18. The van der Waals surface area contributed by atoms with Crippen LogP contribution < -0.4 is 0 Å². The van der Waals surface area contributed by atoms with E-state index in [2.05, 4.69) is 5.10 Å². The first-order chi connectivity index (χ1) is 9.97. The highest BCUT2D eigenvalue weighted by molar-refractivity contribution is 6.32. The van der Waals surface area contributed by atoms with Crippen LogP contribution in [0.25, 0.3) is 5.69 Å². The molecular formula is C12H11ClN4O4. The molecule has 0 N–H and O–H groups in total. The van der Waals surface area contributed by atoms with Gasteiger partial charge < -0.3 is 0 Å². The molecule has 0 unspecified atom stereocenters. The molecule has 1 aromatic heterocycles. The van der Waals surface area contributed by atoms with E-state index in [-0.39, 0.29) is 27.9 Å². The third-order valence-corrected chi connectivity index (χ3v) is 3.19. The molecule has 0 aliphatic rings. The summed E-state index contributed by atoms with van der Waals surface area (Å²) in [5.41, 5.74) is -0.222. The molecule has 0 radical (unpaired) electrons. The maximum absolute atomic E-state index is 11.1. The molecule has 0 aliphatic heterocycles. The van der Waals surface area contributed by atoms with E-state index in [4.69, 9.17) is 11.6 Å². The minimum absolute atomic E-state index is 0.0953. The fourth-order valence-electron chi connectivity index (χ4n) is 1.97. The topological polar surface area (TPSA) is 104 Å². The van der Waals surface area contributed by atoms with Gasteiger partial charge in [0.05, 0.1) is 9.85 Å². The summed E-state index contributed by atoms with van der Waals surface area (Å²) in [6.45, 7) is 1.85. The summed E-state index contributed by atoms with van der Waals surface area (Å²) >= 11 is 6.01. The van der Waals surface area contributed by atoms with Crippen molar-refractivity contribution in [2.24, 2.45) is 0 Å². The number of halogens is 1. The molecule has 0 fully saturated rings. The van der Waals surface area contributed by atoms with Crippen LogP contribution in [-0.4, -0.2) is 19.6 Å². The van der Waals surface area contributed by atoms with Gasteiger partial charge in [0.15, 0.2) is 0 Å². The summed E-state index contributed by atoms with van der Waals surface area (Å²) in [5.74, 6) is 0. The lowest BCUT2D eigenvalue weighted by molar-refractivity contribution is -0.385. The van der Waals surface area contributed by atoms with Gasteiger partial charge in [-0.05, 0) is 12.5 Å². The second kappa shape index (κ2) is 5.88. The number of benzene rings is 1. The largest absolute Gasteiger partial charge is 0.329 e. The van der Waals surface area contributed by atoms with Gasteiger partial charge >= 0.3 is 5.69 Å². The summed E-state index contributed by atoms with van der Waals surface area (Å²) in [7, 11) is 0. The molecule has 8 nitrogen and oxygen atoms in total. The molecule has 0 aliphatic carbocycles. The SMILES string of the molecule is CCCc1nn(-c2ccccc2[N+](=O)[O-])c(Cl)c1[N+](=O)[O-]. The number of hydrogen-bond acceptors (Lipinski definition) is 5. The zero-order valence-corrected chi connectivity index (χ0v) is 11.8. The van der Waals surface area contributed by atoms with Crippen molar-refractivity contribution < 1.29 is 9.85 Å². The molecule has 1 aromatic carbocycles. The number of aromatic nitrogens is 2. The number of nitrogens with zero attached hydrogens (tertiary/aromatic N) is 4. The highest BCUT2D eigenvalue weighted by Crippen LogP contribution is 2.34. The van der Waals surface area contributed by atoms with Crippen LogP contribution in [-0.2, 0) is 6.42 Å². The van der Waals surface area contributed by atoms with Gasteiger partial charge in [-0.3, -0.25) is 20.2 Å². The predicted octanol–water partition coefficient (Wildman–Crippen LogP) is 3.29. The van der Waals surface area contributed by atoms with Crippen molar-refractivity contribution in [1.29, 1.82) is 0 Å². The van der Waals surface area contributed by atoms with Gasteiger partial charge in [-0.2, -0.15) is 5.10 Å². The number of aryl methyl sites for hydroxylation is 1. The van der Waals surface area contributed by atoms with Crippen LogP contribution in [0.1, 0.15) is 19.0 Å². The van der Waals surface area contributed by atoms with Gasteiger partial charge in [0.1, 0.15) is 11.4 Å². The van der Waals surface area contributed by atoms with Crippen LogP contribution in [0.3, 0.4) is 0 Å². The molecule has 21 heavy (non-hydrogen) atoms. The summed E-state index contributed by atoms with van der Waals surface area (Å²) in [5, 5.41) is 26.0. The maximum Gasteiger partial charge on any atom is 0.329 e. The minimum Gasteiger partial charge on any atom is -0.258 e. The van der Waals surface area contributed by atoms with E-state index in [0.29, 0.717) is 12.8 Å². The lowest BCUT2D eigenvalue weighted by Crippen LogP contribution is -2.02. The van der Waals surface area contributed by atoms with Gasteiger partial charge in [-0.25, -0.2) is 4.68 Å². The molecule has 9 heteroatoms. The van der Waals surface area contributed by atoms with E-state index in [1.54, 1.807) is 6.07 Å². The van der Waals surface area contributed by atoms with Crippen molar-refractivity contribution in [3.63, 3.8) is 0 Å². The van der Waals surface area contributed by atoms with Crippen molar-refractivity contribution in [3.05, 3.63) is 55.3 Å². The first-order valence-corrected chi connectivity index (χ1v) is 6.50. The molecule has 2 rings (SSSR count). The highest BCUT2D eigenvalue weighted by Gasteiger charge is 2.29. The fourth-order valence-corrected chi connectivity index (χ4v) is 2.28. The van der Waals surface area contributed by atoms with E-state index in [1.807, 2.05) is 6.92 Å². The fraction of sp³-hybridized carbons (Fsp3) is 0.250. The second-order valence-corrected chi connectivity index (χ2v) is 4.61. The lowest BCUT2D eigenvalue weighted by atomic mass is 10.2. The van der Waals surface area contributed by atoms with Crippen molar-refractivity contribution in [2.45, 2.75) is 19.8 Å². The smallest absolute Gasteiger partial charge is 0.258 e. The summed E-state index contributed by atoms with van der Waals surface area (Å²) in [6.07, 6.45) is 1.01. The number of nitro benzene ring substituents is 1. The molecule has 1 heterocycles. The molecule has 0 saturated carbocycles. The zero-order chi connectivity index (χ0) is 15.6. The molecule has 0 amide bonds. The Hall–Kier alpha value is -2.48. The average Bonchev–Trinajstić information content (AvgIpc) is 2.76. The normalized spacial score (nSPS) is 10.6. The summed E-state index contributed by atoms with van der Waals surface area (Å²) < 4.78 is 1.04. The van der Waals surface area contributed by atoms with E-state index in [0.717, 1.165) is 4.68 Å². The van der Waals surface area contributed by atoms with Crippen LogP contribution >= 0.6 is 11.6 Å². The van der Waals surface area contributed by atoms with E-state index in [9.17, 15) is 20.2 Å². The molecule has 0 saturated heterocycles. The van der Waals surface area contributed by atoms with Gasteiger partial charge in [-0.1, -0.05) is 37.1 Å². The van der Waals surface area contributed by atoms with Crippen molar-refractivity contribution in [2.75, 3.05) is 0 Å². The number of nitro groups is 2. The molecule has 0 atom stereocenters. The molecule has 0 spiro atoms. The Balaban J connectivity index is 2.68. The number of hydrogen-bond donors (Lipinski definition) is 0. The molecule has 110 valence electrons. The summed E-state index contributed by atoms with van der Waals surface area (Å²) in [4.78, 5) is 21.0. The highest BCUT2D eigenvalue weighted by atomic mass is 35.5. The van der Waals surface area contributed by atoms with Gasteiger partial charge in [0, 0.05) is 6.07 Å². The van der Waals surface area contributed by atoms with E-state index < -0.39 is 9.85 Å². The summed E-state index contributed by atoms with van der Waals surface area (Å²) in [6, 6.07) is 5.81. The van der Waals surface area contributed by atoms with Gasteiger partial charge in [0.25, 0.3) is 5.69 Å². The van der Waals surface area contributed by atoms with Crippen molar-refractivity contribution >= 4 is 23.0 Å². The molecule has 0 bridgehead atoms. The monoisotopic (exact) mass is 310 g/mol. The minimum atomic E-state index is -0.619. The third-order valence-electron chi connectivity index (χ3n) is 2.85. The Labute approximate surface area is 124 Å². The Bertz CT molecular complexity index is 713. The Morgan fingerprint density at radius 3 is 2.48 bits per heavy atom. The first kappa shape index (κ1) is 14.9. The van der Waals surface area contributed by atoms with Crippen molar-refractivity contribution in [3.8, 4) is 5.69 Å². The van der Waals surface area contributed by atoms with Crippen LogP contribution in [0.15, 0.2) is 24.3 Å². The van der Waals surface area contributed by atoms with Crippen LogP contribution in [0, 0.1) is 20.2 Å². The lowest BCUT2D eigenvalue weighted by Gasteiger charge is -2.02. The van der Waals surface area contributed by atoms with E-state index >= 15 is 0 Å². The van der Waals surface area contributed by atoms with Crippen LogP contribution in [0.4, 0.5) is 11.4 Å². The van der Waals surface area contributed by atoms with Crippen LogP contribution in [0.5, 0.6) is 0 Å². The first-order valence-electron chi connectivity index (χ1n) is 6.13. The Morgan fingerprint density at radius 1 is 1.24 bits per heavy atom. The van der Waals surface area contributed by atoms with Crippen LogP contribution in [0.2, 0.25) is 5.15 Å². The number of rotatable bonds is 5. The van der Waals surface area contributed by atoms with E-state index in [1.165, 1.54) is 18.2 Å². The maximum atomic E-state index is 11.1. The predicted molar refractivity (Wildman–Crippen MR) is 75.9 cm³/mol. The van der Waals surface area contributed by atoms with Gasteiger partial charge in [-0.15, -0.1) is 0 Å². The third kappa shape index (κ3) is 2.70. The number of para-hydroxylation sites is 2.